The number of nitro groups is 1. The number of phenolic OH excluding ortho intramolecular Hbond substituents is 1. The Bertz CT molecular complexity index is 1420. The van der Waals surface area contributed by atoms with E-state index in [-0.39, 0.29) is 47.1 Å². The molecule has 2 aliphatic heterocycles. The Kier molecular flexibility index (Phi) is 8.15. The summed E-state index contributed by atoms with van der Waals surface area (Å²) in [7, 11) is -1.07. The van der Waals surface area contributed by atoms with Gasteiger partial charge in [-0.3, -0.25) is 19.7 Å². The van der Waals surface area contributed by atoms with E-state index in [1.165, 1.54) is 23.8 Å². The molecule has 4 atom stereocenters. The number of non-ortho nitro benzene ring substituents is 1. The summed E-state index contributed by atoms with van der Waals surface area (Å²) in [6.45, 7) is 6.23. The topological polar surface area (TPSA) is 130 Å². The van der Waals surface area contributed by atoms with Gasteiger partial charge in [-0.1, -0.05) is 56.2 Å². The number of amides is 2. The number of nitro benzene ring substituents is 1. The molecule has 0 radical (unpaired) electrons. The first kappa shape index (κ1) is 28.8. The molecule has 2 aromatic rings. The van der Waals surface area contributed by atoms with Gasteiger partial charge in [0.2, 0.25) is 11.8 Å². The second-order valence-electron chi connectivity index (χ2n) is 11.5. The lowest BCUT2D eigenvalue weighted by Crippen LogP contribution is -2.46. The van der Waals surface area contributed by atoms with Gasteiger partial charge in [-0.15, -0.1) is 0 Å². The molecule has 2 N–H and O–H groups in total. The Labute approximate surface area is 239 Å². The van der Waals surface area contributed by atoms with E-state index in [0.29, 0.717) is 12.8 Å². The van der Waals surface area contributed by atoms with Crippen molar-refractivity contribution in [2.75, 3.05) is 4.90 Å². The highest BCUT2D eigenvalue weighted by Gasteiger charge is 2.57. The lowest BCUT2D eigenvalue weighted by molar-refractivity contribution is -0.384. The number of imide groups is 1. The Balaban J connectivity index is 1.45. The van der Waals surface area contributed by atoms with Crippen molar-refractivity contribution in [1.29, 1.82) is 0 Å². The van der Waals surface area contributed by atoms with Crippen LogP contribution in [0.25, 0.3) is 6.08 Å². The number of carbonyl (C=O) groups excluding carboxylic acids is 2. The zero-order valence-electron chi connectivity index (χ0n) is 23.5. The number of nitrogens with zero attached hydrogens (tertiary/aromatic N) is 2. The molecule has 9 nitrogen and oxygen atoms in total. The van der Waals surface area contributed by atoms with Gasteiger partial charge < -0.3 is 14.8 Å². The van der Waals surface area contributed by atoms with Gasteiger partial charge >= 0.3 is 7.12 Å². The fraction of sp³-hybridized carbons (Fsp3) is 0.419. The molecular formula is C31H35BN2O7. The molecule has 3 aliphatic rings. The highest BCUT2D eigenvalue weighted by atomic mass is 16.6. The second kappa shape index (κ2) is 11.6. The van der Waals surface area contributed by atoms with Gasteiger partial charge in [0.1, 0.15) is 5.75 Å². The molecule has 2 saturated heterocycles. The molecule has 0 saturated carbocycles. The lowest BCUT2D eigenvalue weighted by Gasteiger charge is -2.44. The SMILES string of the molecule is CC/C(=C\c1ccc(O)cc1)CC[C@H]1OB(O)C[C@H]2C1=C(C(C)C)C[C@H]1C(=O)N(c3cccc([N+](=O)[O-])c3)C(=O)[C@H]12. The van der Waals surface area contributed by atoms with Gasteiger partial charge in [0, 0.05) is 12.1 Å². The van der Waals surface area contributed by atoms with E-state index >= 15 is 0 Å². The number of carbonyl (C=O) groups is 2. The maximum atomic E-state index is 13.9. The number of rotatable bonds is 8. The summed E-state index contributed by atoms with van der Waals surface area (Å²) in [6.07, 6.45) is 4.50. The molecule has 41 heavy (non-hydrogen) atoms. The molecular weight excluding hydrogens is 523 g/mol. The van der Waals surface area contributed by atoms with Gasteiger partial charge in [0.25, 0.3) is 5.69 Å². The van der Waals surface area contributed by atoms with Crippen LogP contribution in [0.2, 0.25) is 6.32 Å². The van der Waals surface area contributed by atoms with Crippen molar-refractivity contribution in [1.82, 2.24) is 0 Å². The molecule has 5 rings (SSSR count). The quantitative estimate of drug-likeness (QED) is 0.143. The van der Waals surface area contributed by atoms with E-state index < -0.39 is 30.0 Å². The fourth-order valence-corrected chi connectivity index (χ4v) is 6.72. The van der Waals surface area contributed by atoms with Gasteiger partial charge in [0.05, 0.1) is 28.6 Å². The minimum absolute atomic E-state index is 0.114. The van der Waals surface area contributed by atoms with Crippen LogP contribution in [0.4, 0.5) is 11.4 Å². The van der Waals surface area contributed by atoms with Crippen LogP contribution < -0.4 is 4.90 Å². The largest absolute Gasteiger partial charge is 0.508 e. The van der Waals surface area contributed by atoms with Crippen LogP contribution in [0.15, 0.2) is 65.3 Å². The van der Waals surface area contributed by atoms with Crippen molar-refractivity contribution in [2.45, 2.75) is 58.9 Å². The average molecular weight is 558 g/mol. The molecule has 10 heteroatoms. The third-order valence-corrected chi connectivity index (χ3v) is 8.69. The molecule has 2 amide bonds. The molecule has 0 bridgehead atoms. The van der Waals surface area contributed by atoms with Crippen molar-refractivity contribution in [3.05, 3.63) is 80.9 Å². The predicted octanol–water partition coefficient (Wildman–Crippen LogP) is 5.53. The predicted molar refractivity (Wildman–Crippen MR) is 156 cm³/mol. The summed E-state index contributed by atoms with van der Waals surface area (Å²) in [5.74, 6) is -1.99. The minimum atomic E-state index is -1.07. The average Bonchev–Trinajstić information content (AvgIpc) is 3.20. The molecule has 1 aliphatic carbocycles. The van der Waals surface area contributed by atoms with Gasteiger partial charge in [0.15, 0.2) is 0 Å². The van der Waals surface area contributed by atoms with E-state index in [4.69, 9.17) is 4.65 Å². The van der Waals surface area contributed by atoms with E-state index in [0.717, 1.165) is 34.5 Å². The minimum Gasteiger partial charge on any atom is -0.508 e. The normalized spacial score (nSPS) is 24.7. The molecule has 2 fully saturated rings. The highest BCUT2D eigenvalue weighted by molar-refractivity contribution is 6.43. The standard InChI is InChI=1S/C31H35BN2O7/c1-4-19(14-20-8-11-23(35)12-9-20)10-13-27-28-24(18(2)3)16-25-29(26(28)17-32(38)41-27)31(37)33(30(25)36)21-6-5-7-22(15-21)34(39)40/h5-9,11-12,14-15,18,25-27,29,35,38H,4,10,13,16-17H2,1-3H3/b19-14+/t25-,26+,27-,29-/m1/s1. The zero-order chi connectivity index (χ0) is 29.4. The maximum absolute atomic E-state index is 13.9. The van der Waals surface area contributed by atoms with Crippen LogP contribution in [-0.2, 0) is 14.2 Å². The number of allylic oxidation sites excluding steroid dienone is 2. The molecule has 2 heterocycles. The monoisotopic (exact) mass is 558 g/mol. The second-order valence-corrected chi connectivity index (χ2v) is 11.5. The van der Waals surface area contributed by atoms with Crippen LogP contribution in [0, 0.1) is 33.8 Å². The van der Waals surface area contributed by atoms with E-state index in [2.05, 4.69) is 26.8 Å². The van der Waals surface area contributed by atoms with Gasteiger partial charge in [-0.25, -0.2) is 4.90 Å². The maximum Gasteiger partial charge on any atom is 0.455 e. The summed E-state index contributed by atoms with van der Waals surface area (Å²) in [5.41, 5.74) is 4.31. The van der Waals surface area contributed by atoms with Crippen molar-refractivity contribution in [2.24, 2.45) is 23.7 Å². The summed E-state index contributed by atoms with van der Waals surface area (Å²) in [6, 6.07) is 12.6. The lowest BCUT2D eigenvalue weighted by atomic mass is 9.57. The zero-order valence-corrected chi connectivity index (χ0v) is 23.5. The van der Waals surface area contributed by atoms with E-state index in [9.17, 15) is 29.8 Å². The van der Waals surface area contributed by atoms with Crippen molar-refractivity contribution >= 4 is 36.4 Å². The van der Waals surface area contributed by atoms with Crippen LogP contribution in [0.5, 0.6) is 5.75 Å². The van der Waals surface area contributed by atoms with Crippen molar-refractivity contribution < 1.29 is 29.3 Å². The highest BCUT2D eigenvalue weighted by Crippen LogP contribution is 2.52. The summed E-state index contributed by atoms with van der Waals surface area (Å²) in [5, 5.41) is 31.8. The Morgan fingerprint density at radius 3 is 2.56 bits per heavy atom. The van der Waals surface area contributed by atoms with E-state index in [1.807, 2.05) is 12.1 Å². The summed E-state index contributed by atoms with van der Waals surface area (Å²) < 4.78 is 6.11. The van der Waals surface area contributed by atoms with Gasteiger partial charge in [-0.2, -0.15) is 0 Å². The fourth-order valence-electron chi connectivity index (χ4n) is 6.72. The number of benzene rings is 2. The summed E-state index contributed by atoms with van der Waals surface area (Å²) >= 11 is 0. The summed E-state index contributed by atoms with van der Waals surface area (Å²) in [4.78, 5) is 39.5. The first-order valence-electron chi connectivity index (χ1n) is 14.3. The van der Waals surface area contributed by atoms with Crippen LogP contribution in [-0.4, -0.2) is 40.1 Å². The van der Waals surface area contributed by atoms with E-state index in [1.54, 1.807) is 18.2 Å². The first-order chi connectivity index (χ1) is 19.6. The number of hydrogen-bond donors (Lipinski definition) is 2. The molecule has 0 unspecified atom stereocenters. The van der Waals surface area contributed by atoms with Crippen LogP contribution in [0.1, 0.15) is 52.0 Å². The number of anilines is 1. The van der Waals surface area contributed by atoms with Crippen LogP contribution in [0.3, 0.4) is 0 Å². The van der Waals surface area contributed by atoms with Crippen molar-refractivity contribution in [3.63, 3.8) is 0 Å². The number of aromatic hydroxyl groups is 1. The number of hydrogen-bond acceptors (Lipinski definition) is 7. The molecule has 0 spiro atoms. The number of phenols is 1. The third kappa shape index (κ3) is 5.58. The Morgan fingerprint density at radius 1 is 1.17 bits per heavy atom. The van der Waals surface area contributed by atoms with Gasteiger partial charge in [-0.05, 0) is 73.2 Å². The number of fused-ring (bicyclic) bond motifs is 3. The first-order valence-corrected chi connectivity index (χ1v) is 14.3. The molecule has 2 aromatic carbocycles. The molecule has 0 aromatic heterocycles. The smallest absolute Gasteiger partial charge is 0.455 e. The van der Waals surface area contributed by atoms with Crippen molar-refractivity contribution in [3.8, 4) is 5.75 Å². The Morgan fingerprint density at radius 2 is 1.90 bits per heavy atom. The Hall–Kier alpha value is -3.76. The van der Waals surface area contributed by atoms with Crippen LogP contribution >= 0.6 is 0 Å². The third-order valence-electron chi connectivity index (χ3n) is 8.69. The molecule has 214 valence electrons.